The molecule has 5 heteroatoms. The Hall–Kier alpha value is -1.26. The van der Waals surface area contributed by atoms with E-state index in [0.29, 0.717) is 0 Å². The minimum absolute atomic E-state index is 0.245. The first-order valence-corrected chi connectivity index (χ1v) is 9.79. The maximum Gasteiger partial charge on any atom is 0.223 e. The first-order valence-electron chi connectivity index (χ1n) is 9.79. The molecule has 2 fully saturated rings. The molecule has 0 spiro atoms. The Morgan fingerprint density at radius 1 is 1.08 bits per heavy atom. The van der Waals surface area contributed by atoms with Gasteiger partial charge in [0.15, 0.2) is 5.96 Å². The number of rotatable bonds is 7. The number of amides is 1. The number of carbonyl (C=O) groups excluding carboxylic acids is 1. The minimum atomic E-state index is 0.245. The normalized spacial score (nSPS) is 25.0. The van der Waals surface area contributed by atoms with E-state index in [2.05, 4.69) is 34.5 Å². The lowest BCUT2D eigenvalue weighted by molar-refractivity contribution is -0.127. The van der Waals surface area contributed by atoms with Gasteiger partial charge in [0, 0.05) is 39.6 Å². The monoisotopic (exact) mass is 336 g/mol. The quantitative estimate of drug-likeness (QED) is 0.427. The van der Waals surface area contributed by atoms with Crippen LogP contribution in [0.2, 0.25) is 0 Å². The van der Waals surface area contributed by atoms with E-state index in [1.165, 1.54) is 32.1 Å². The van der Waals surface area contributed by atoms with Crippen molar-refractivity contribution in [1.82, 2.24) is 15.5 Å². The summed E-state index contributed by atoms with van der Waals surface area (Å²) in [6, 6.07) is 0. The molecule has 0 saturated heterocycles. The summed E-state index contributed by atoms with van der Waals surface area (Å²) in [5, 5.41) is 6.47. The van der Waals surface area contributed by atoms with Crippen LogP contribution in [0.5, 0.6) is 0 Å². The highest BCUT2D eigenvalue weighted by Crippen LogP contribution is 2.28. The second-order valence-electron chi connectivity index (χ2n) is 7.75. The Morgan fingerprint density at radius 3 is 2.33 bits per heavy atom. The van der Waals surface area contributed by atoms with E-state index < -0.39 is 0 Å². The van der Waals surface area contributed by atoms with Crippen molar-refractivity contribution < 1.29 is 4.79 Å². The fourth-order valence-electron chi connectivity index (χ4n) is 3.69. The van der Waals surface area contributed by atoms with Gasteiger partial charge >= 0.3 is 0 Å². The van der Waals surface area contributed by atoms with Gasteiger partial charge in [-0.15, -0.1) is 0 Å². The lowest BCUT2D eigenvalue weighted by Crippen LogP contribution is -2.43. The van der Waals surface area contributed by atoms with Crippen LogP contribution >= 0.6 is 0 Å². The molecule has 0 bridgehead atoms. The van der Waals surface area contributed by atoms with Crippen LogP contribution in [0.25, 0.3) is 0 Å². The van der Waals surface area contributed by atoms with Gasteiger partial charge in [-0.05, 0) is 43.9 Å². The third-order valence-corrected chi connectivity index (χ3v) is 5.65. The van der Waals surface area contributed by atoms with Crippen LogP contribution in [-0.2, 0) is 4.79 Å². The van der Waals surface area contributed by atoms with Crippen molar-refractivity contribution in [2.45, 2.75) is 58.3 Å². The molecule has 2 aliphatic rings. The molecule has 0 unspecified atom stereocenters. The fraction of sp³-hybridized carbons (Fsp3) is 0.895. The van der Waals surface area contributed by atoms with Gasteiger partial charge < -0.3 is 15.5 Å². The summed E-state index contributed by atoms with van der Waals surface area (Å²) in [7, 11) is 3.98. The average molecular weight is 337 g/mol. The largest absolute Gasteiger partial charge is 0.356 e. The molecule has 0 aliphatic heterocycles. The van der Waals surface area contributed by atoms with Crippen molar-refractivity contribution in [3.8, 4) is 0 Å². The van der Waals surface area contributed by atoms with E-state index >= 15 is 0 Å². The third kappa shape index (κ3) is 5.99. The fourth-order valence-corrected chi connectivity index (χ4v) is 3.69. The summed E-state index contributed by atoms with van der Waals surface area (Å²) in [4.78, 5) is 18.4. The predicted molar refractivity (Wildman–Crippen MR) is 100 cm³/mol. The van der Waals surface area contributed by atoms with Gasteiger partial charge in [-0.2, -0.15) is 0 Å². The summed E-state index contributed by atoms with van der Waals surface area (Å²) < 4.78 is 0. The molecule has 24 heavy (non-hydrogen) atoms. The van der Waals surface area contributed by atoms with Gasteiger partial charge in [0.05, 0.1) is 0 Å². The summed E-state index contributed by atoms with van der Waals surface area (Å²) in [5.74, 6) is 3.20. The molecule has 0 aromatic carbocycles. The molecule has 0 radical (unpaired) electrons. The minimum Gasteiger partial charge on any atom is -0.356 e. The molecule has 5 nitrogen and oxygen atoms in total. The van der Waals surface area contributed by atoms with Gasteiger partial charge in [0.25, 0.3) is 0 Å². The third-order valence-electron chi connectivity index (χ3n) is 5.65. The Kier molecular flexibility index (Phi) is 7.86. The van der Waals surface area contributed by atoms with Crippen molar-refractivity contribution in [3.63, 3.8) is 0 Å². The smallest absolute Gasteiger partial charge is 0.223 e. The van der Waals surface area contributed by atoms with Crippen LogP contribution in [0.1, 0.15) is 58.3 Å². The molecule has 0 heterocycles. The topological polar surface area (TPSA) is 56.7 Å². The number of carbonyl (C=O) groups is 1. The number of hydrogen-bond acceptors (Lipinski definition) is 2. The van der Waals surface area contributed by atoms with E-state index in [0.717, 1.165) is 56.7 Å². The van der Waals surface area contributed by atoms with Crippen molar-refractivity contribution in [2.24, 2.45) is 22.7 Å². The van der Waals surface area contributed by atoms with Gasteiger partial charge in [0.1, 0.15) is 0 Å². The molecule has 2 aliphatic carbocycles. The van der Waals surface area contributed by atoms with Crippen molar-refractivity contribution in [3.05, 3.63) is 0 Å². The number of nitrogens with one attached hydrogen (secondary N) is 2. The molecule has 1 amide bonds. The Labute approximate surface area is 147 Å². The summed E-state index contributed by atoms with van der Waals surface area (Å²) >= 11 is 0. The molecule has 2 rings (SSSR count). The maximum atomic E-state index is 11.8. The second-order valence-corrected chi connectivity index (χ2v) is 7.75. The molecule has 138 valence electrons. The zero-order valence-corrected chi connectivity index (χ0v) is 15.8. The molecule has 0 atom stereocenters. The number of guanidine groups is 1. The SMILES string of the molecule is CN=C(NCCCNC(=O)C1CCC1)N(C)CC1CCC(C)CC1. The summed E-state index contributed by atoms with van der Waals surface area (Å²) in [5.41, 5.74) is 0. The number of aliphatic imine (C=N–C) groups is 1. The second kappa shape index (κ2) is 9.90. The lowest BCUT2D eigenvalue weighted by Gasteiger charge is -2.31. The van der Waals surface area contributed by atoms with Crippen LogP contribution < -0.4 is 10.6 Å². The first kappa shape index (κ1) is 19.1. The van der Waals surface area contributed by atoms with E-state index in [4.69, 9.17) is 0 Å². The van der Waals surface area contributed by atoms with Crippen molar-refractivity contribution >= 4 is 11.9 Å². The van der Waals surface area contributed by atoms with Crippen molar-refractivity contribution in [2.75, 3.05) is 33.7 Å². The highest BCUT2D eigenvalue weighted by Gasteiger charge is 2.24. The summed E-state index contributed by atoms with van der Waals surface area (Å²) in [6.45, 7) is 5.06. The number of nitrogens with zero attached hydrogens (tertiary/aromatic N) is 2. The van der Waals surface area contributed by atoms with E-state index in [1.807, 2.05) is 7.05 Å². The van der Waals surface area contributed by atoms with Gasteiger partial charge in [0.2, 0.25) is 5.91 Å². The maximum absolute atomic E-state index is 11.8. The van der Waals surface area contributed by atoms with E-state index in [-0.39, 0.29) is 11.8 Å². The Balaban J connectivity index is 1.58. The molecule has 2 saturated carbocycles. The Morgan fingerprint density at radius 2 is 1.75 bits per heavy atom. The van der Waals surface area contributed by atoms with Gasteiger partial charge in [-0.25, -0.2) is 0 Å². The molecule has 0 aromatic rings. The standard InChI is InChI=1S/C19H36N4O/c1-15-8-10-16(11-9-15)14-23(3)19(20-2)22-13-5-12-21-18(24)17-6-4-7-17/h15-17H,4-14H2,1-3H3,(H,20,22)(H,21,24). The first-order chi connectivity index (χ1) is 11.6. The zero-order chi connectivity index (χ0) is 17.4. The van der Waals surface area contributed by atoms with Crippen molar-refractivity contribution in [1.29, 1.82) is 0 Å². The van der Waals surface area contributed by atoms with Gasteiger partial charge in [-0.1, -0.05) is 26.2 Å². The van der Waals surface area contributed by atoms with Crippen LogP contribution in [0, 0.1) is 17.8 Å². The average Bonchev–Trinajstić information content (AvgIpc) is 2.51. The number of hydrogen-bond donors (Lipinski definition) is 2. The van der Waals surface area contributed by atoms with E-state index in [9.17, 15) is 4.79 Å². The zero-order valence-electron chi connectivity index (χ0n) is 15.8. The van der Waals surface area contributed by atoms with Crippen LogP contribution in [-0.4, -0.2) is 50.5 Å². The van der Waals surface area contributed by atoms with Crippen LogP contribution in [0.15, 0.2) is 4.99 Å². The predicted octanol–water partition coefficient (Wildman–Crippen LogP) is 2.63. The lowest BCUT2D eigenvalue weighted by atomic mass is 9.83. The summed E-state index contributed by atoms with van der Waals surface area (Å²) in [6.07, 6.45) is 9.71. The highest BCUT2D eigenvalue weighted by atomic mass is 16.1. The molecular weight excluding hydrogens is 300 g/mol. The highest BCUT2D eigenvalue weighted by molar-refractivity contribution is 5.80. The molecular formula is C19H36N4O. The van der Waals surface area contributed by atoms with E-state index in [1.54, 1.807) is 0 Å². The Bertz CT molecular complexity index is 412. The van der Waals surface area contributed by atoms with Crippen LogP contribution in [0.3, 0.4) is 0 Å². The molecule has 2 N–H and O–H groups in total. The molecule has 0 aromatic heterocycles. The van der Waals surface area contributed by atoms with Gasteiger partial charge in [-0.3, -0.25) is 9.79 Å². The van der Waals surface area contributed by atoms with Crippen LogP contribution in [0.4, 0.5) is 0 Å².